The smallest absolute Gasteiger partial charge is 0.308 e. The van der Waals surface area contributed by atoms with Gasteiger partial charge >= 0.3 is 5.97 Å². The third-order valence-electron chi connectivity index (χ3n) is 2.57. The van der Waals surface area contributed by atoms with Crippen LogP contribution in [0.3, 0.4) is 0 Å². The maximum atomic E-state index is 13.6. The lowest BCUT2D eigenvalue weighted by atomic mass is 10.1. The van der Waals surface area contributed by atoms with E-state index >= 15 is 0 Å². The fraction of sp³-hybridized carbons (Fsp3) is 0.273. The fourth-order valence-corrected chi connectivity index (χ4v) is 1.53. The van der Waals surface area contributed by atoms with Crippen LogP contribution in [0.5, 0.6) is 0 Å². The number of hydrogen-bond donors (Lipinski definition) is 1. The van der Waals surface area contributed by atoms with Gasteiger partial charge in [0.25, 0.3) is 0 Å². The topological polar surface area (TPSA) is 80.9 Å². The molecule has 0 aliphatic carbocycles. The van der Waals surface area contributed by atoms with Crippen LogP contribution in [0.4, 0.5) is 8.78 Å². The second-order valence-electron chi connectivity index (χ2n) is 4.05. The summed E-state index contributed by atoms with van der Waals surface area (Å²) in [6, 6.07) is 2.90. The molecule has 1 N–H and O–H groups in total. The number of hydrogen-bond acceptors (Lipinski definition) is 4. The van der Waals surface area contributed by atoms with Gasteiger partial charge in [-0.2, -0.15) is 0 Å². The molecule has 2 rings (SSSR count). The van der Waals surface area contributed by atoms with E-state index in [1.54, 1.807) is 0 Å². The predicted octanol–water partition coefficient (Wildman–Crippen LogP) is 1.34. The molecular formula is C11H10F2N4O2. The molecule has 100 valence electrons. The van der Waals surface area contributed by atoms with Gasteiger partial charge < -0.3 is 5.11 Å². The van der Waals surface area contributed by atoms with Crippen LogP contribution in [0.1, 0.15) is 6.92 Å². The van der Waals surface area contributed by atoms with Crippen LogP contribution < -0.4 is 0 Å². The minimum Gasteiger partial charge on any atom is -0.481 e. The molecule has 6 nitrogen and oxygen atoms in total. The summed E-state index contributed by atoms with van der Waals surface area (Å²) in [4.78, 5) is 10.8. The van der Waals surface area contributed by atoms with Gasteiger partial charge in [-0.1, -0.05) is 6.92 Å². The minimum absolute atomic E-state index is 0.00917. The Bertz CT molecular complexity index is 614. The highest BCUT2D eigenvalue weighted by molar-refractivity contribution is 5.69. The first-order valence-electron chi connectivity index (χ1n) is 5.43. The van der Waals surface area contributed by atoms with E-state index in [0.717, 1.165) is 22.9 Å². The average molecular weight is 268 g/mol. The van der Waals surface area contributed by atoms with Crippen LogP contribution in [0.25, 0.3) is 11.4 Å². The Morgan fingerprint density at radius 3 is 2.89 bits per heavy atom. The SMILES string of the molecule is CC(Cn1nnnc1-c1cc(F)ccc1F)C(=O)O. The van der Waals surface area contributed by atoms with Crippen molar-refractivity contribution in [3.63, 3.8) is 0 Å². The standard InChI is InChI=1S/C11H10F2N4O2/c1-6(11(18)19)5-17-10(14-15-16-17)8-4-7(12)2-3-9(8)13/h2-4,6H,5H2,1H3,(H,18,19). The van der Waals surface area contributed by atoms with Crippen LogP contribution in [-0.2, 0) is 11.3 Å². The van der Waals surface area contributed by atoms with Crippen LogP contribution in [0.2, 0.25) is 0 Å². The van der Waals surface area contributed by atoms with Gasteiger partial charge in [-0.3, -0.25) is 4.79 Å². The van der Waals surface area contributed by atoms with Crippen molar-refractivity contribution in [3.05, 3.63) is 29.8 Å². The van der Waals surface area contributed by atoms with Crippen LogP contribution in [-0.4, -0.2) is 31.3 Å². The molecule has 1 aromatic heterocycles. The fourth-order valence-electron chi connectivity index (χ4n) is 1.53. The highest BCUT2D eigenvalue weighted by Gasteiger charge is 2.19. The van der Waals surface area contributed by atoms with E-state index in [0.29, 0.717) is 0 Å². The number of halogens is 2. The second kappa shape index (κ2) is 5.09. The Labute approximate surface area is 106 Å². The predicted molar refractivity (Wildman–Crippen MR) is 60.0 cm³/mol. The molecule has 1 unspecified atom stereocenters. The molecule has 1 atom stereocenters. The van der Waals surface area contributed by atoms with Gasteiger partial charge in [-0.15, -0.1) is 5.10 Å². The van der Waals surface area contributed by atoms with Crippen LogP contribution in [0, 0.1) is 17.6 Å². The van der Waals surface area contributed by atoms with Crippen molar-refractivity contribution >= 4 is 5.97 Å². The lowest BCUT2D eigenvalue weighted by Gasteiger charge is -2.08. The zero-order valence-corrected chi connectivity index (χ0v) is 9.92. The maximum absolute atomic E-state index is 13.6. The van der Waals surface area contributed by atoms with Crippen LogP contribution in [0.15, 0.2) is 18.2 Å². The molecule has 0 saturated heterocycles. The Balaban J connectivity index is 2.39. The summed E-state index contributed by atoms with van der Waals surface area (Å²) in [5.41, 5.74) is -0.109. The molecule has 8 heteroatoms. The summed E-state index contributed by atoms with van der Waals surface area (Å²) in [5.74, 6) is -3.09. The van der Waals surface area contributed by atoms with Gasteiger partial charge in [0.05, 0.1) is 18.0 Å². The Morgan fingerprint density at radius 1 is 1.47 bits per heavy atom. The highest BCUT2D eigenvalue weighted by atomic mass is 19.1. The number of carboxylic acid groups (broad SMARTS) is 1. The molecule has 1 heterocycles. The first kappa shape index (κ1) is 13.1. The van der Waals surface area contributed by atoms with Gasteiger partial charge in [0.15, 0.2) is 5.82 Å². The summed E-state index contributed by atoms with van der Waals surface area (Å²) in [6.45, 7) is 1.43. The van der Waals surface area contributed by atoms with Crippen molar-refractivity contribution in [3.8, 4) is 11.4 Å². The summed E-state index contributed by atoms with van der Waals surface area (Å²) in [7, 11) is 0. The Morgan fingerprint density at radius 2 is 2.21 bits per heavy atom. The third-order valence-corrected chi connectivity index (χ3v) is 2.57. The molecule has 0 fully saturated rings. The van der Waals surface area contributed by atoms with Crippen molar-refractivity contribution in [2.24, 2.45) is 5.92 Å². The molecule has 0 spiro atoms. The molecular weight excluding hydrogens is 258 g/mol. The van der Waals surface area contributed by atoms with Gasteiger partial charge in [0, 0.05) is 0 Å². The minimum atomic E-state index is -1.03. The summed E-state index contributed by atoms with van der Waals surface area (Å²) in [6.07, 6.45) is 0. The van der Waals surface area contributed by atoms with E-state index in [1.165, 1.54) is 6.92 Å². The molecule has 19 heavy (non-hydrogen) atoms. The van der Waals surface area contributed by atoms with E-state index < -0.39 is 23.5 Å². The van der Waals surface area contributed by atoms with Crippen molar-refractivity contribution in [2.45, 2.75) is 13.5 Å². The zero-order chi connectivity index (χ0) is 14.0. The first-order valence-corrected chi connectivity index (χ1v) is 5.43. The number of aliphatic carboxylic acids is 1. The van der Waals surface area contributed by atoms with E-state index in [2.05, 4.69) is 15.5 Å². The monoisotopic (exact) mass is 268 g/mol. The number of aromatic nitrogens is 4. The normalized spacial score (nSPS) is 12.4. The van der Waals surface area contributed by atoms with E-state index in [-0.39, 0.29) is 17.9 Å². The van der Waals surface area contributed by atoms with E-state index in [4.69, 9.17) is 5.11 Å². The third kappa shape index (κ3) is 2.72. The largest absolute Gasteiger partial charge is 0.481 e. The van der Waals surface area contributed by atoms with E-state index in [1.807, 2.05) is 0 Å². The second-order valence-corrected chi connectivity index (χ2v) is 4.05. The van der Waals surface area contributed by atoms with E-state index in [9.17, 15) is 13.6 Å². The zero-order valence-electron chi connectivity index (χ0n) is 9.92. The van der Waals surface area contributed by atoms with Gasteiger partial charge in [0.2, 0.25) is 0 Å². The highest BCUT2D eigenvalue weighted by Crippen LogP contribution is 2.21. The number of carboxylic acids is 1. The Hall–Kier alpha value is -2.38. The summed E-state index contributed by atoms with van der Waals surface area (Å²) < 4.78 is 27.9. The molecule has 0 radical (unpaired) electrons. The van der Waals surface area contributed by atoms with Crippen molar-refractivity contribution in [1.29, 1.82) is 0 Å². The first-order chi connectivity index (χ1) is 8.99. The Kier molecular flexibility index (Phi) is 3.50. The number of rotatable bonds is 4. The molecule has 0 aliphatic rings. The van der Waals surface area contributed by atoms with Crippen LogP contribution >= 0.6 is 0 Å². The molecule has 2 aromatic rings. The molecule has 0 amide bonds. The van der Waals surface area contributed by atoms with Crippen molar-refractivity contribution in [2.75, 3.05) is 0 Å². The summed E-state index contributed by atoms with van der Waals surface area (Å²) >= 11 is 0. The number of tetrazole rings is 1. The number of benzene rings is 1. The van der Waals surface area contributed by atoms with Gasteiger partial charge in [0.1, 0.15) is 11.6 Å². The molecule has 0 saturated carbocycles. The lowest BCUT2D eigenvalue weighted by Crippen LogP contribution is -2.18. The number of nitrogens with zero attached hydrogens (tertiary/aromatic N) is 4. The van der Waals surface area contributed by atoms with Gasteiger partial charge in [-0.05, 0) is 28.6 Å². The van der Waals surface area contributed by atoms with Crippen molar-refractivity contribution < 1.29 is 18.7 Å². The van der Waals surface area contributed by atoms with Gasteiger partial charge in [-0.25, -0.2) is 13.5 Å². The summed E-state index contributed by atoms with van der Waals surface area (Å²) in [5, 5.41) is 19.4. The maximum Gasteiger partial charge on any atom is 0.308 e. The molecule has 1 aromatic carbocycles. The average Bonchev–Trinajstić information content (AvgIpc) is 2.80. The lowest BCUT2D eigenvalue weighted by molar-refractivity contribution is -0.141. The number of carbonyl (C=O) groups is 1. The quantitative estimate of drug-likeness (QED) is 0.904. The van der Waals surface area contributed by atoms with Crippen molar-refractivity contribution in [1.82, 2.24) is 20.2 Å². The molecule has 0 bridgehead atoms. The molecule has 0 aliphatic heterocycles.